The van der Waals surface area contributed by atoms with Crippen molar-refractivity contribution in [2.24, 2.45) is 0 Å². The van der Waals surface area contributed by atoms with E-state index in [2.05, 4.69) is 23.7 Å². The van der Waals surface area contributed by atoms with Crippen molar-refractivity contribution in [1.29, 1.82) is 0 Å². The van der Waals surface area contributed by atoms with Crippen molar-refractivity contribution in [3.05, 3.63) is 29.8 Å². The molecule has 0 fully saturated rings. The standard InChI is InChI=1S/C16H17NO2/c1-4-5-6-10-13-15(18-2)12-9-7-8-11-14(12)17-16(13)19-3/h7-9,11H,4-5H2,1-3H3. The van der Waals surface area contributed by atoms with Gasteiger partial charge in [0.2, 0.25) is 5.88 Å². The van der Waals surface area contributed by atoms with Gasteiger partial charge in [0.05, 0.1) is 19.7 Å². The fourth-order valence-corrected chi connectivity index (χ4v) is 1.91. The van der Waals surface area contributed by atoms with E-state index in [1.165, 1.54) is 0 Å². The van der Waals surface area contributed by atoms with E-state index in [0.717, 1.165) is 35.1 Å². The Hall–Kier alpha value is -2.21. The lowest BCUT2D eigenvalue weighted by atomic mass is 10.1. The van der Waals surface area contributed by atoms with Crippen LogP contribution in [0.2, 0.25) is 0 Å². The van der Waals surface area contributed by atoms with E-state index in [9.17, 15) is 0 Å². The van der Waals surface area contributed by atoms with Crippen LogP contribution in [0.4, 0.5) is 0 Å². The summed E-state index contributed by atoms with van der Waals surface area (Å²) in [6.45, 7) is 2.10. The summed E-state index contributed by atoms with van der Waals surface area (Å²) in [6.07, 6.45) is 1.87. The second-order valence-corrected chi connectivity index (χ2v) is 4.10. The molecule has 3 nitrogen and oxygen atoms in total. The van der Waals surface area contributed by atoms with Gasteiger partial charge in [-0.05, 0) is 18.6 Å². The van der Waals surface area contributed by atoms with Gasteiger partial charge in [-0.1, -0.05) is 30.9 Å². The molecule has 0 N–H and O–H groups in total. The first-order chi connectivity index (χ1) is 9.31. The molecule has 2 rings (SSSR count). The lowest BCUT2D eigenvalue weighted by molar-refractivity contribution is 0.384. The van der Waals surface area contributed by atoms with Crippen molar-refractivity contribution in [1.82, 2.24) is 4.98 Å². The summed E-state index contributed by atoms with van der Waals surface area (Å²) in [5.74, 6) is 7.47. The van der Waals surface area contributed by atoms with Crippen molar-refractivity contribution >= 4 is 10.9 Å². The van der Waals surface area contributed by atoms with Crippen LogP contribution in [0.25, 0.3) is 10.9 Å². The minimum atomic E-state index is 0.513. The van der Waals surface area contributed by atoms with Gasteiger partial charge in [0.15, 0.2) is 0 Å². The number of hydrogen-bond donors (Lipinski definition) is 0. The van der Waals surface area contributed by atoms with Crippen LogP contribution in [0.5, 0.6) is 11.6 Å². The van der Waals surface area contributed by atoms with Crippen LogP contribution in [0.1, 0.15) is 25.3 Å². The van der Waals surface area contributed by atoms with Crippen LogP contribution in [0.3, 0.4) is 0 Å². The Morgan fingerprint density at radius 1 is 1.16 bits per heavy atom. The highest BCUT2D eigenvalue weighted by atomic mass is 16.5. The summed E-state index contributed by atoms with van der Waals surface area (Å²) in [4.78, 5) is 4.48. The fraction of sp³-hybridized carbons (Fsp3) is 0.312. The number of rotatable bonds is 3. The molecule has 1 heterocycles. The molecule has 19 heavy (non-hydrogen) atoms. The van der Waals surface area contributed by atoms with Crippen molar-refractivity contribution < 1.29 is 9.47 Å². The number of pyridine rings is 1. The first-order valence-electron chi connectivity index (χ1n) is 6.31. The van der Waals surface area contributed by atoms with Gasteiger partial charge >= 0.3 is 0 Å². The number of ether oxygens (including phenoxy) is 2. The molecule has 3 heteroatoms. The second kappa shape index (κ2) is 6.10. The second-order valence-electron chi connectivity index (χ2n) is 4.10. The third kappa shape index (κ3) is 2.63. The summed E-state index contributed by atoms with van der Waals surface area (Å²) in [7, 11) is 3.24. The van der Waals surface area contributed by atoms with E-state index < -0.39 is 0 Å². The van der Waals surface area contributed by atoms with Crippen molar-refractivity contribution in [3.63, 3.8) is 0 Å². The monoisotopic (exact) mass is 255 g/mol. The zero-order valence-electron chi connectivity index (χ0n) is 11.5. The summed E-state index contributed by atoms with van der Waals surface area (Å²) in [5, 5.41) is 0.951. The average Bonchev–Trinajstić information content (AvgIpc) is 2.46. The topological polar surface area (TPSA) is 31.4 Å². The number of methoxy groups -OCH3 is 2. The van der Waals surface area contributed by atoms with E-state index in [1.807, 2.05) is 24.3 Å². The van der Waals surface area contributed by atoms with Gasteiger partial charge in [0, 0.05) is 11.8 Å². The van der Waals surface area contributed by atoms with Gasteiger partial charge in [0.1, 0.15) is 11.3 Å². The quantitative estimate of drug-likeness (QED) is 0.788. The van der Waals surface area contributed by atoms with Crippen LogP contribution in [-0.4, -0.2) is 19.2 Å². The summed E-state index contributed by atoms with van der Waals surface area (Å²) < 4.78 is 10.8. The molecule has 0 atom stereocenters. The Morgan fingerprint density at radius 3 is 2.63 bits per heavy atom. The van der Waals surface area contributed by atoms with Crippen LogP contribution in [0, 0.1) is 11.8 Å². The number of para-hydroxylation sites is 1. The Kier molecular flexibility index (Phi) is 4.25. The Labute approximate surface area is 113 Å². The summed E-state index contributed by atoms with van der Waals surface area (Å²) >= 11 is 0. The maximum Gasteiger partial charge on any atom is 0.233 e. The molecule has 0 amide bonds. The fourth-order valence-electron chi connectivity index (χ4n) is 1.91. The van der Waals surface area contributed by atoms with Crippen LogP contribution >= 0.6 is 0 Å². The average molecular weight is 255 g/mol. The van der Waals surface area contributed by atoms with Gasteiger partial charge in [-0.15, -0.1) is 0 Å². The van der Waals surface area contributed by atoms with E-state index in [1.54, 1.807) is 14.2 Å². The minimum Gasteiger partial charge on any atom is -0.495 e. The van der Waals surface area contributed by atoms with Gasteiger partial charge in [-0.25, -0.2) is 4.98 Å². The van der Waals surface area contributed by atoms with Crippen LogP contribution < -0.4 is 9.47 Å². The predicted octanol–water partition coefficient (Wildman–Crippen LogP) is 3.40. The van der Waals surface area contributed by atoms with Crippen molar-refractivity contribution in [2.45, 2.75) is 19.8 Å². The zero-order valence-corrected chi connectivity index (χ0v) is 11.5. The smallest absolute Gasteiger partial charge is 0.233 e. The highest BCUT2D eigenvalue weighted by Crippen LogP contribution is 2.33. The molecular formula is C16H17NO2. The molecule has 0 saturated heterocycles. The number of unbranched alkanes of at least 4 members (excludes halogenated alkanes) is 1. The molecular weight excluding hydrogens is 238 g/mol. The highest BCUT2D eigenvalue weighted by Gasteiger charge is 2.14. The van der Waals surface area contributed by atoms with Gasteiger partial charge in [0.25, 0.3) is 0 Å². The molecule has 2 aromatic rings. The third-order valence-electron chi connectivity index (χ3n) is 2.80. The lowest BCUT2D eigenvalue weighted by Gasteiger charge is -2.11. The van der Waals surface area contributed by atoms with E-state index in [0.29, 0.717) is 5.88 Å². The minimum absolute atomic E-state index is 0.513. The molecule has 0 bridgehead atoms. The zero-order chi connectivity index (χ0) is 13.7. The van der Waals surface area contributed by atoms with Crippen LogP contribution in [0.15, 0.2) is 24.3 Å². The Balaban J connectivity index is 2.69. The summed E-state index contributed by atoms with van der Waals surface area (Å²) in [5.41, 5.74) is 1.56. The third-order valence-corrected chi connectivity index (χ3v) is 2.80. The van der Waals surface area contributed by atoms with E-state index in [-0.39, 0.29) is 0 Å². The van der Waals surface area contributed by atoms with E-state index in [4.69, 9.17) is 9.47 Å². The molecule has 0 aliphatic rings. The molecule has 1 aromatic heterocycles. The van der Waals surface area contributed by atoms with Crippen LogP contribution in [-0.2, 0) is 0 Å². The number of hydrogen-bond acceptors (Lipinski definition) is 3. The molecule has 0 unspecified atom stereocenters. The molecule has 0 saturated carbocycles. The number of nitrogens with zero attached hydrogens (tertiary/aromatic N) is 1. The Morgan fingerprint density at radius 2 is 1.95 bits per heavy atom. The molecule has 1 aromatic carbocycles. The maximum atomic E-state index is 5.51. The van der Waals surface area contributed by atoms with Gasteiger partial charge in [-0.3, -0.25) is 0 Å². The van der Waals surface area contributed by atoms with Gasteiger partial charge in [-0.2, -0.15) is 0 Å². The molecule has 0 spiro atoms. The first kappa shape index (κ1) is 13.2. The normalized spacial score (nSPS) is 9.84. The van der Waals surface area contributed by atoms with Gasteiger partial charge < -0.3 is 9.47 Å². The first-order valence-corrected chi connectivity index (χ1v) is 6.31. The Bertz CT molecular complexity index is 638. The SMILES string of the molecule is CCCC#Cc1c(OC)nc2ccccc2c1OC. The molecule has 98 valence electrons. The predicted molar refractivity (Wildman–Crippen MR) is 76.6 cm³/mol. The number of aromatic nitrogens is 1. The molecule has 0 aliphatic heterocycles. The molecule has 0 radical (unpaired) electrons. The summed E-state index contributed by atoms with van der Waals surface area (Å²) in [6, 6.07) is 7.81. The molecule has 0 aliphatic carbocycles. The highest BCUT2D eigenvalue weighted by molar-refractivity contribution is 5.88. The van der Waals surface area contributed by atoms with Crippen molar-refractivity contribution in [3.8, 4) is 23.5 Å². The number of fused-ring (bicyclic) bond motifs is 1. The van der Waals surface area contributed by atoms with E-state index >= 15 is 0 Å². The number of benzene rings is 1. The van der Waals surface area contributed by atoms with Crippen molar-refractivity contribution in [2.75, 3.05) is 14.2 Å². The maximum absolute atomic E-state index is 5.51. The lowest BCUT2D eigenvalue weighted by Crippen LogP contribution is -1.98. The largest absolute Gasteiger partial charge is 0.495 e.